The van der Waals surface area contributed by atoms with E-state index in [1.807, 2.05) is 6.92 Å². The molecule has 2 N–H and O–H groups in total. The Labute approximate surface area is 96.5 Å². The summed E-state index contributed by atoms with van der Waals surface area (Å²) in [6.45, 7) is 5.39. The standard InChI is InChI=1S/C13H20FNO/c1-3-9-15-10-13(16,4-2)11-5-7-12(14)8-6-11/h5-8,15-16H,3-4,9-10H2,1-2H3. The van der Waals surface area contributed by atoms with Crippen molar-refractivity contribution in [3.05, 3.63) is 35.6 Å². The molecular weight excluding hydrogens is 205 g/mol. The number of hydrogen-bond donors (Lipinski definition) is 2. The highest BCUT2D eigenvalue weighted by Gasteiger charge is 2.26. The van der Waals surface area contributed by atoms with E-state index in [2.05, 4.69) is 12.2 Å². The molecule has 0 bridgehead atoms. The van der Waals surface area contributed by atoms with Crippen molar-refractivity contribution in [2.45, 2.75) is 32.3 Å². The predicted molar refractivity (Wildman–Crippen MR) is 63.7 cm³/mol. The molecule has 0 fully saturated rings. The first-order valence-corrected chi connectivity index (χ1v) is 5.81. The number of hydrogen-bond acceptors (Lipinski definition) is 2. The van der Waals surface area contributed by atoms with Gasteiger partial charge in [-0.3, -0.25) is 0 Å². The van der Waals surface area contributed by atoms with Gasteiger partial charge >= 0.3 is 0 Å². The third-order valence-corrected chi connectivity index (χ3v) is 2.81. The number of nitrogens with one attached hydrogen (secondary N) is 1. The fourth-order valence-corrected chi connectivity index (χ4v) is 1.66. The van der Waals surface area contributed by atoms with E-state index in [1.165, 1.54) is 12.1 Å². The highest BCUT2D eigenvalue weighted by atomic mass is 19.1. The maximum absolute atomic E-state index is 12.8. The Hall–Kier alpha value is -0.930. The molecule has 0 heterocycles. The van der Waals surface area contributed by atoms with Crippen LogP contribution in [0, 0.1) is 5.82 Å². The van der Waals surface area contributed by atoms with Gasteiger partial charge < -0.3 is 10.4 Å². The fourth-order valence-electron chi connectivity index (χ4n) is 1.66. The van der Waals surface area contributed by atoms with Crippen LogP contribution in [0.1, 0.15) is 32.3 Å². The summed E-state index contributed by atoms with van der Waals surface area (Å²) in [5, 5.41) is 13.6. The van der Waals surface area contributed by atoms with Gasteiger partial charge in [0.25, 0.3) is 0 Å². The van der Waals surface area contributed by atoms with Crippen molar-refractivity contribution in [2.75, 3.05) is 13.1 Å². The molecule has 1 aromatic rings. The van der Waals surface area contributed by atoms with Crippen molar-refractivity contribution in [2.24, 2.45) is 0 Å². The smallest absolute Gasteiger partial charge is 0.123 e. The lowest BCUT2D eigenvalue weighted by Gasteiger charge is -2.27. The molecule has 0 aliphatic heterocycles. The summed E-state index contributed by atoms with van der Waals surface area (Å²) in [7, 11) is 0. The SMILES string of the molecule is CCCNCC(O)(CC)c1ccc(F)cc1. The molecule has 1 atom stereocenters. The van der Waals surface area contributed by atoms with Crippen molar-refractivity contribution in [1.82, 2.24) is 5.32 Å². The van der Waals surface area contributed by atoms with E-state index in [1.54, 1.807) is 12.1 Å². The summed E-state index contributed by atoms with van der Waals surface area (Å²) in [5.41, 5.74) is -0.136. The molecule has 0 spiro atoms. The van der Waals surface area contributed by atoms with Crippen LogP contribution in [0.4, 0.5) is 4.39 Å². The van der Waals surface area contributed by atoms with Crippen molar-refractivity contribution >= 4 is 0 Å². The third kappa shape index (κ3) is 3.29. The highest BCUT2D eigenvalue weighted by molar-refractivity contribution is 5.23. The van der Waals surface area contributed by atoms with Gasteiger partial charge in [-0.25, -0.2) is 4.39 Å². The van der Waals surface area contributed by atoms with Crippen molar-refractivity contribution in [1.29, 1.82) is 0 Å². The number of benzene rings is 1. The summed E-state index contributed by atoms with van der Waals surface area (Å²) in [5.74, 6) is -0.274. The molecule has 1 unspecified atom stereocenters. The van der Waals surface area contributed by atoms with Gasteiger partial charge in [0.05, 0.1) is 0 Å². The third-order valence-electron chi connectivity index (χ3n) is 2.81. The molecule has 16 heavy (non-hydrogen) atoms. The summed E-state index contributed by atoms with van der Waals surface area (Å²) >= 11 is 0. The van der Waals surface area contributed by atoms with Crippen molar-refractivity contribution < 1.29 is 9.50 Å². The van der Waals surface area contributed by atoms with E-state index in [9.17, 15) is 9.50 Å². The van der Waals surface area contributed by atoms with Gasteiger partial charge in [0.2, 0.25) is 0 Å². The van der Waals surface area contributed by atoms with Crippen LogP contribution in [-0.2, 0) is 5.60 Å². The van der Waals surface area contributed by atoms with Crippen LogP contribution in [0.2, 0.25) is 0 Å². The molecule has 0 saturated heterocycles. The van der Waals surface area contributed by atoms with Gasteiger partial charge in [0.15, 0.2) is 0 Å². The average Bonchev–Trinajstić information content (AvgIpc) is 2.30. The first kappa shape index (κ1) is 13.1. The summed E-state index contributed by atoms with van der Waals surface area (Å²) in [6, 6.07) is 6.06. The van der Waals surface area contributed by atoms with E-state index in [4.69, 9.17) is 0 Å². The van der Waals surface area contributed by atoms with Gasteiger partial charge in [-0.2, -0.15) is 0 Å². The second-order valence-electron chi connectivity index (χ2n) is 4.07. The maximum atomic E-state index is 12.8. The number of rotatable bonds is 6. The largest absolute Gasteiger partial charge is 0.384 e. The second kappa shape index (κ2) is 5.97. The molecule has 0 aliphatic rings. The molecular formula is C13H20FNO. The molecule has 0 radical (unpaired) electrons. The number of halogens is 1. The van der Waals surface area contributed by atoms with Gasteiger partial charge in [-0.1, -0.05) is 26.0 Å². The second-order valence-corrected chi connectivity index (χ2v) is 4.07. The van der Waals surface area contributed by atoms with E-state index in [-0.39, 0.29) is 5.82 Å². The Balaban J connectivity index is 2.74. The molecule has 1 rings (SSSR count). The normalized spacial score (nSPS) is 14.8. The molecule has 0 aromatic heterocycles. The lowest BCUT2D eigenvalue weighted by atomic mass is 9.91. The van der Waals surface area contributed by atoms with Crippen LogP contribution < -0.4 is 5.32 Å². The Morgan fingerprint density at radius 1 is 1.25 bits per heavy atom. The maximum Gasteiger partial charge on any atom is 0.123 e. The first-order chi connectivity index (χ1) is 7.62. The van der Waals surface area contributed by atoms with Crippen LogP contribution in [0.25, 0.3) is 0 Å². The molecule has 0 amide bonds. The van der Waals surface area contributed by atoms with Crippen LogP contribution in [-0.4, -0.2) is 18.2 Å². The summed E-state index contributed by atoms with van der Waals surface area (Å²) in [6.07, 6.45) is 1.64. The zero-order valence-corrected chi connectivity index (χ0v) is 9.96. The minimum atomic E-state index is -0.900. The van der Waals surface area contributed by atoms with Crippen molar-refractivity contribution in [3.63, 3.8) is 0 Å². The van der Waals surface area contributed by atoms with Crippen LogP contribution in [0.3, 0.4) is 0 Å². The molecule has 1 aromatic carbocycles. The molecule has 3 heteroatoms. The Morgan fingerprint density at radius 2 is 1.88 bits per heavy atom. The number of aliphatic hydroxyl groups is 1. The molecule has 0 saturated carbocycles. The fraction of sp³-hybridized carbons (Fsp3) is 0.538. The average molecular weight is 225 g/mol. The van der Waals surface area contributed by atoms with E-state index >= 15 is 0 Å². The van der Waals surface area contributed by atoms with Gasteiger partial charge in [0.1, 0.15) is 11.4 Å². The van der Waals surface area contributed by atoms with Crippen LogP contribution >= 0.6 is 0 Å². The van der Waals surface area contributed by atoms with Gasteiger partial charge in [-0.15, -0.1) is 0 Å². The van der Waals surface area contributed by atoms with Crippen LogP contribution in [0.5, 0.6) is 0 Å². The minimum Gasteiger partial charge on any atom is -0.384 e. The Kier molecular flexibility index (Phi) is 4.90. The van der Waals surface area contributed by atoms with Gasteiger partial charge in [-0.05, 0) is 37.1 Å². The van der Waals surface area contributed by atoms with Crippen molar-refractivity contribution in [3.8, 4) is 0 Å². The molecule has 2 nitrogen and oxygen atoms in total. The minimum absolute atomic E-state index is 0.274. The highest BCUT2D eigenvalue weighted by Crippen LogP contribution is 2.24. The van der Waals surface area contributed by atoms with Gasteiger partial charge in [0, 0.05) is 6.54 Å². The Bertz CT molecular complexity index is 312. The van der Waals surface area contributed by atoms with E-state index in [0.717, 1.165) is 18.5 Å². The zero-order valence-electron chi connectivity index (χ0n) is 9.96. The summed E-state index contributed by atoms with van der Waals surface area (Å²) < 4.78 is 12.8. The Morgan fingerprint density at radius 3 is 2.38 bits per heavy atom. The summed E-state index contributed by atoms with van der Waals surface area (Å²) in [4.78, 5) is 0. The molecule has 90 valence electrons. The lowest BCUT2D eigenvalue weighted by Crippen LogP contribution is -2.37. The first-order valence-electron chi connectivity index (χ1n) is 5.81. The monoisotopic (exact) mass is 225 g/mol. The zero-order chi connectivity index (χ0) is 12.0. The topological polar surface area (TPSA) is 32.3 Å². The van der Waals surface area contributed by atoms with Crippen LogP contribution in [0.15, 0.2) is 24.3 Å². The quantitative estimate of drug-likeness (QED) is 0.729. The predicted octanol–water partition coefficient (Wildman–Crippen LogP) is 2.42. The lowest BCUT2D eigenvalue weighted by molar-refractivity contribution is 0.0328. The van der Waals surface area contributed by atoms with E-state index < -0.39 is 5.60 Å². The van der Waals surface area contributed by atoms with E-state index in [0.29, 0.717) is 13.0 Å². The molecule has 0 aliphatic carbocycles.